The van der Waals surface area contributed by atoms with Crippen LogP contribution < -0.4 is 4.90 Å². The van der Waals surface area contributed by atoms with Gasteiger partial charge in [0.25, 0.3) is 6.29 Å². The Balaban J connectivity index is 1.82. The minimum atomic E-state index is -1.61. The van der Waals surface area contributed by atoms with E-state index in [2.05, 4.69) is 0 Å². The molecule has 3 aliphatic rings. The third-order valence-corrected chi connectivity index (χ3v) is 6.04. The molecule has 3 aliphatic heterocycles. The van der Waals surface area contributed by atoms with E-state index in [0.29, 0.717) is 16.3 Å². The summed E-state index contributed by atoms with van der Waals surface area (Å²) in [6.07, 6.45) is 1.68. The molecule has 0 unspecified atom stereocenters. The fourth-order valence-electron chi connectivity index (χ4n) is 4.62. The first-order valence-corrected chi connectivity index (χ1v) is 9.77. The summed E-state index contributed by atoms with van der Waals surface area (Å²) >= 11 is 6.10. The van der Waals surface area contributed by atoms with Gasteiger partial charge in [-0.1, -0.05) is 23.7 Å². The number of nitrogens with zero attached hydrogens (tertiary/aromatic N) is 1. The fraction of sp³-hybridized carbons (Fsp3) is 0.429. The molecule has 0 saturated carbocycles. The average Bonchev–Trinajstić information content (AvgIpc) is 3.22. The predicted molar refractivity (Wildman–Crippen MR) is 104 cm³/mol. The van der Waals surface area contributed by atoms with Crippen LogP contribution in [0.4, 0.5) is 5.69 Å². The van der Waals surface area contributed by atoms with Gasteiger partial charge in [-0.25, -0.2) is 4.90 Å². The van der Waals surface area contributed by atoms with Gasteiger partial charge in [0.05, 0.1) is 23.1 Å². The van der Waals surface area contributed by atoms with Gasteiger partial charge in [-0.15, -0.1) is 0 Å². The van der Waals surface area contributed by atoms with Gasteiger partial charge in [-0.05, 0) is 37.6 Å². The molecule has 2 bridgehead atoms. The molecule has 1 aromatic carbocycles. The lowest BCUT2D eigenvalue weighted by atomic mass is 9.72. The standard InChI is InChI=1S/C21H20ClNO7/c1-10-5-6-13(22)9-14(10)23-17(26)15-16(18(23)27)21(8-7-20(15,4)30-21)19(28-11(2)24)29-12(3)25/h5-9,15-16,19H,1-4H3/t15-,16+,20-,21+/m1/s1. The summed E-state index contributed by atoms with van der Waals surface area (Å²) < 4.78 is 16.5. The number of aryl methyl sites for hydroxylation is 1. The van der Waals surface area contributed by atoms with E-state index < -0.39 is 53.1 Å². The van der Waals surface area contributed by atoms with E-state index in [4.69, 9.17) is 25.8 Å². The quantitative estimate of drug-likeness (QED) is 0.311. The number of anilines is 1. The smallest absolute Gasteiger partial charge is 0.305 e. The summed E-state index contributed by atoms with van der Waals surface area (Å²) in [6.45, 7) is 5.75. The van der Waals surface area contributed by atoms with Crippen molar-refractivity contribution in [1.29, 1.82) is 0 Å². The number of imide groups is 1. The summed E-state index contributed by atoms with van der Waals surface area (Å²) in [5, 5.41) is 0.379. The molecule has 3 heterocycles. The van der Waals surface area contributed by atoms with E-state index in [1.807, 2.05) is 0 Å². The normalized spacial score (nSPS) is 31.5. The molecule has 0 N–H and O–H groups in total. The lowest BCUT2D eigenvalue weighted by molar-refractivity contribution is -0.231. The van der Waals surface area contributed by atoms with Crippen molar-refractivity contribution in [3.8, 4) is 0 Å². The molecule has 0 aromatic heterocycles. The Kier molecular flexibility index (Phi) is 4.56. The number of amides is 2. The lowest BCUT2D eigenvalue weighted by Gasteiger charge is -2.34. The molecule has 1 aromatic rings. The monoisotopic (exact) mass is 433 g/mol. The van der Waals surface area contributed by atoms with E-state index in [-0.39, 0.29) is 0 Å². The number of fused-ring (bicyclic) bond motifs is 5. The van der Waals surface area contributed by atoms with Gasteiger partial charge in [0.15, 0.2) is 5.60 Å². The van der Waals surface area contributed by atoms with E-state index in [0.717, 1.165) is 18.7 Å². The zero-order chi connectivity index (χ0) is 22.0. The number of hydrogen-bond acceptors (Lipinski definition) is 7. The molecule has 30 heavy (non-hydrogen) atoms. The third-order valence-electron chi connectivity index (χ3n) is 5.81. The molecule has 4 atom stereocenters. The minimum Gasteiger partial charge on any atom is -0.422 e. The van der Waals surface area contributed by atoms with Crippen LogP contribution in [0.15, 0.2) is 30.4 Å². The Morgan fingerprint density at radius 2 is 1.70 bits per heavy atom. The molecule has 2 amide bonds. The van der Waals surface area contributed by atoms with Crippen molar-refractivity contribution >= 4 is 41.0 Å². The number of esters is 2. The number of hydrogen-bond donors (Lipinski definition) is 0. The number of carbonyl (C=O) groups excluding carboxylic acids is 4. The van der Waals surface area contributed by atoms with E-state index in [9.17, 15) is 19.2 Å². The molecule has 0 aliphatic carbocycles. The van der Waals surface area contributed by atoms with Crippen molar-refractivity contribution in [3.63, 3.8) is 0 Å². The van der Waals surface area contributed by atoms with Crippen LogP contribution in [0.3, 0.4) is 0 Å². The number of halogens is 1. The maximum Gasteiger partial charge on any atom is 0.305 e. The van der Waals surface area contributed by atoms with Crippen LogP contribution in [0.2, 0.25) is 5.02 Å². The molecule has 0 spiro atoms. The van der Waals surface area contributed by atoms with Crippen LogP contribution in [-0.4, -0.2) is 41.2 Å². The van der Waals surface area contributed by atoms with Gasteiger partial charge in [-0.2, -0.15) is 0 Å². The maximum atomic E-state index is 13.5. The van der Waals surface area contributed by atoms with E-state index >= 15 is 0 Å². The second-order valence-electron chi connectivity index (χ2n) is 7.92. The Bertz CT molecular complexity index is 1000. The van der Waals surface area contributed by atoms with Crippen LogP contribution in [0.1, 0.15) is 26.3 Å². The Morgan fingerprint density at radius 3 is 2.30 bits per heavy atom. The molecular weight excluding hydrogens is 414 g/mol. The topological polar surface area (TPSA) is 99.2 Å². The summed E-state index contributed by atoms with van der Waals surface area (Å²) in [4.78, 5) is 51.4. The second kappa shape index (κ2) is 6.65. The van der Waals surface area contributed by atoms with Crippen molar-refractivity contribution in [3.05, 3.63) is 40.9 Å². The number of rotatable bonds is 4. The summed E-state index contributed by atoms with van der Waals surface area (Å²) in [5.41, 5.74) is -1.67. The molecular formula is C21H20ClNO7. The summed E-state index contributed by atoms with van der Waals surface area (Å²) in [7, 11) is 0. The van der Waals surface area contributed by atoms with Crippen LogP contribution in [0.25, 0.3) is 0 Å². The van der Waals surface area contributed by atoms with Gasteiger partial charge >= 0.3 is 11.9 Å². The highest BCUT2D eigenvalue weighted by Crippen LogP contribution is 2.59. The largest absolute Gasteiger partial charge is 0.422 e. The van der Waals surface area contributed by atoms with Crippen molar-refractivity contribution in [2.45, 2.75) is 45.2 Å². The van der Waals surface area contributed by atoms with Gasteiger partial charge in [0.1, 0.15) is 0 Å². The summed E-state index contributed by atoms with van der Waals surface area (Å²) in [6, 6.07) is 4.93. The molecule has 2 fully saturated rings. The predicted octanol–water partition coefficient (Wildman–Crippen LogP) is 2.30. The molecule has 9 heteroatoms. The molecule has 2 saturated heterocycles. The van der Waals surface area contributed by atoms with Crippen LogP contribution >= 0.6 is 11.6 Å². The van der Waals surface area contributed by atoms with Crippen molar-refractivity contribution in [1.82, 2.24) is 0 Å². The molecule has 8 nitrogen and oxygen atoms in total. The lowest BCUT2D eigenvalue weighted by Crippen LogP contribution is -2.52. The van der Waals surface area contributed by atoms with Gasteiger partial charge < -0.3 is 14.2 Å². The number of ether oxygens (including phenoxy) is 3. The fourth-order valence-corrected chi connectivity index (χ4v) is 4.79. The highest BCUT2D eigenvalue weighted by molar-refractivity contribution is 6.31. The van der Waals surface area contributed by atoms with Gasteiger partial charge in [-0.3, -0.25) is 19.2 Å². The maximum absolute atomic E-state index is 13.5. The van der Waals surface area contributed by atoms with E-state index in [1.54, 1.807) is 44.2 Å². The van der Waals surface area contributed by atoms with Gasteiger partial charge in [0, 0.05) is 18.9 Å². The zero-order valence-corrected chi connectivity index (χ0v) is 17.6. The average molecular weight is 434 g/mol. The first-order chi connectivity index (χ1) is 14.0. The van der Waals surface area contributed by atoms with Crippen molar-refractivity contribution in [2.75, 3.05) is 4.90 Å². The third kappa shape index (κ3) is 2.78. The minimum absolute atomic E-state index is 0.376. The highest BCUT2D eigenvalue weighted by atomic mass is 35.5. The summed E-state index contributed by atoms with van der Waals surface area (Å²) in [5.74, 6) is -4.33. The Hall–Kier alpha value is -2.71. The van der Waals surface area contributed by atoms with Crippen molar-refractivity contribution < 1.29 is 33.4 Å². The first-order valence-electron chi connectivity index (χ1n) is 9.39. The first kappa shape index (κ1) is 20.6. The number of benzene rings is 1. The Morgan fingerprint density at radius 1 is 1.10 bits per heavy atom. The van der Waals surface area contributed by atoms with Crippen LogP contribution in [0, 0.1) is 18.8 Å². The van der Waals surface area contributed by atoms with Gasteiger partial charge in [0.2, 0.25) is 11.8 Å². The SMILES string of the molecule is CC(=O)OC(OC(C)=O)[C@@]12C=C[C@@](C)(O1)[C@H]1C(=O)N(c3cc(Cl)ccc3C)C(=O)[C@H]12. The van der Waals surface area contributed by atoms with Crippen LogP contribution in [-0.2, 0) is 33.4 Å². The van der Waals surface area contributed by atoms with Crippen molar-refractivity contribution in [2.24, 2.45) is 11.8 Å². The Labute approximate surface area is 177 Å². The number of carbonyl (C=O) groups is 4. The molecule has 0 radical (unpaired) electrons. The zero-order valence-electron chi connectivity index (χ0n) is 16.8. The molecule has 158 valence electrons. The second-order valence-corrected chi connectivity index (χ2v) is 8.36. The van der Waals surface area contributed by atoms with Crippen LogP contribution in [0.5, 0.6) is 0 Å². The van der Waals surface area contributed by atoms with E-state index in [1.165, 1.54) is 0 Å². The molecule has 4 rings (SSSR count). The highest BCUT2D eigenvalue weighted by Gasteiger charge is 2.76.